The minimum absolute atomic E-state index is 0.00690. The van der Waals surface area contributed by atoms with E-state index in [0.29, 0.717) is 38.3 Å². The molecule has 3 aromatic carbocycles. The average molecular weight is 1390 g/mol. The van der Waals surface area contributed by atoms with Gasteiger partial charge >= 0.3 is 0 Å². The van der Waals surface area contributed by atoms with Crippen molar-refractivity contribution in [2.45, 2.75) is 65.4 Å². The predicted octanol–water partition coefficient (Wildman–Crippen LogP) is 3.96. The molecule has 99 heavy (non-hydrogen) atoms. The fourth-order valence-electron chi connectivity index (χ4n) is 7.35. The second-order valence-corrected chi connectivity index (χ2v) is 24.8. The van der Waals surface area contributed by atoms with Crippen LogP contribution in [-0.2, 0) is 43.4 Å². The van der Waals surface area contributed by atoms with E-state index in [0.717, 1.165) is 75.3 Å². The maximum absolute atomic E-state index is 12.6. The lowest BCUT2D eigenvalue weighted by Gasteiger charge is -2.43. The molecule has 0 unspecified atom stereocenters. The van der Waals surface area contributed by atoms with Crippen molar-refractivity contribution in [2.75, 3.05) is 52.4 Å². The number of sulfonamides is 2. The molecule has 0 atom stereocenters. The quantitative estimate of drug-likeness (QED) is 0.106. The molecular weight excluding hydrogens is 1350 g/mol. The summed E-state index contributed by atoms with van der Waals surface area (Å²) < 4.78 is 79.6. The van der Waals surface area contributed by atoms with Gasteiger partial charge in [-0.05, 0) is 144 Å². The number of ketones is 2. The Kier molecular flexibility index (Phi) is 36.9. The summed E-state index contributed by atoms with van der Waals surface area (Å²) in [6.07, 6.45) is 10.6. The van der Waals surface area contributed by atoms with Gasteiger partial charge in [0.05, 0.1) is 36.1 Å². The van der Waals surface area contributed by atoms with Crippen molar-refractivity contribution >= 4 is 68.4 Å². The molecule has 26 heteroatoms. The number of nitrogens with zero attached hydrogens (tertiary/aromatic N) is 5. The third kappa shape index (κ3) is 33.2. The first-order valence-corrected chi connectivity index (χ1v) is 33.3. The van der Waals surface area contributed by atoms with Crippen molar-refractivity contribution in [3.05, 3.63) is 116 Å². The van der Waals surface area contributed by atoms with Gasteiger partial charge in [0.2, 0.25) is 20.0 Å². The second-order valence-electron chi connectivity index (χ2n) is 18.4. The van der Waals surface area contributed by atoms with E-state index in [1.54, 1.807) is 0 Å². The number of carbonyl (C=O) groups excluding carboxylic acids is 2. The third-order valence-electron chi connectivity index (χ3n) is 12.0. The topological polar surface area (TPSA) is 306 Å². The summed E-state index contributed by atoms with van der Waals surface area (Å²) in [5.41, 5.74) is -0.863. The fourth-order valence-corrected chi connectivity index (χ4v) is 11.0. The van der Waals surface area contributed by atoms with Crippen LogP contribution in [0.15, 0.2) is 87.5 Å². The molecule has 0 saturated carbocycles. The number of halogens is 1. The largest absolute Gasteiger partial charge is 0.360 e. The normalized spacial score (nSPS) is 13.0. The number of hydrogen-bond donors (Lipinski definition) is 2. The molecule has 0 aromatic heterocycles. The van der Waals surface area contributed by atoms with Crippen LogP contribution in [0.2, 0.25) is 0 Å². The Hall–Kier alpha value is -12.9. The van der Waals surface area contributed by atoms with Gasteiger partial charge in [0.15, 0.2) is 0 Å². The molecule has 4 aliphatic rings. The van der Waals surface area contributed by atoms with Gasteiger partial charge in [-0.2, -0.15) is 15.5 Å². The number of carbonyl (C=O) groups is 2. The van der Waals surface area contributed by atoms with Crippen LogP contribution in [0, 0.1) is 251 Å². The van der Waals surface area contributed by atoms with E-state index >= 15 is 0 Å². The first kappa shape index (κ1) is 80.3. The molecule has 2 N–H and O–H groups in total. The molecule has 4 fully saturated rings. The average Bonchev–Trinajstić information content (AvgIpc) is 0.798. The van der Waals surface area contributed by atoms with Crippen molar-refractivity contribution in [3.63, 3.8) is 0 Å². The maximum Gasteiger partial charge on any atom is 0.269 e. The lowest BCUT2D eigenvalue weighted by Crippen LogP contribution is -2.58. The van der Waals surface area contributed by atoms with Crippen LogP contribution in [0.1, 0.15) is 44.9 Å². The Labute approximate surface area is 580 Å². The second kappa shape index (κ2) is 45.4. The predicted molar refractivity (Wildman–Crippen MR) is 366 cm³/mol. The smallest absolute Gasteiger partial charge is 0.269 e. The zero-order valence-electron chi connectivity index (χ0n) is 51.7. The monoisotopic (exact) mass is 1390 g/mol. The van der Waals surface area contributed by atoms with E-state index in [9.17, 15) is 65.2 Å². The van der Waals surface area contributed by atoms with Crippen LogP contribution in [0.5, 0.6) is 0 Å². The number of nitrogens with one attached hydrogen (secondary N) is 2. The van der Waals surface area contributed by atoms with Crippen LogP contribution >= 0.6 is 10.7 Å². The molecule has 1 spiro atoms. The van der Waals surface area contributed by atoms with Crippen molar-refractivity contribution < 1.29 is 54.3 Å². The number of piperidine rings is 3. The van der Waals surface area contributed by atoms with Gasteiger partial charge in [-0.15, -0.1) is 11.8 Å². The van der Waals surface area contributed by atoms with Crippen molar-refractivity contribution in [1.29, 1.82) is 0 Å². The van der Waals surface area contributed by atoms with Crippen molar-refractivity contribution in [1.82, 2.24) is 19.2 Å². The molecule has 4 saturated heterocycles. The zero-order valence-corrected chi connectivity index (χ0v) is 54.9. The van der Waals surface area contributed by atoms with E-state index in [1.807, 2.05) is 5.92 Å². The van der Waals surface area contributed by atoms with Crippen LogP contribution in [-0.4, -0.2) is 118 Å². The van der Waals surface area contributed by atoms with Crippen molar-refractivity contribution in [2.24, 2.45) is 0 Å². The van der Waals surface area contributed by atoms with E-state index in [-0.39, 0.29) is 63.5 Å². The molecule has 22 nitrogen and oxygen atoms in total. The Bertz CT molecular complexity index is 5140. The van der Waals surface area contributed by atoms with Gasteiger partial charge in [-0.1, -0.05) is 0 Å². The zero-order chi connectivity index (χ0) is 72.5. The number of ether oxygens (including phenoxy) is 1. The third-order valence-corrected chi connectivity index (χ3v) is 17.2. The van der Waals surface area contributed by atoms with Crippen LogP contribution in [0.25, 0.3) is 0 Å². The Morgan fingerprint density at radius 3 is 0.970 bits per heavy atom. The van der Waals surface area contributed by atoms with Gasteiger partial charge < -0.3 is 16.5 Å². The highest BCUT2D eigenvalue weighted by Crippen LogP contribution is 2.30. The molecule has 4 heterocycles. The number of benzene rings is 3. The van der Waals surface area contributed by atoms with Crippen LogP contribution in [0.4, 0.5) is 17.1 Å². The van der Waals surface area contributed by atoms with Gasteiger partial charge in [-0.3, -0.25) is 57.1 Å². The number of nitro benzene ring substituents is 3. The van der Waals surface area contributed by atoms with Crippen LogP contribution < -0.4 is 10.6 Å². The fraction of sp³-hybridized carbons (Fsp3) is 0.219. The summed E-state index contributed by atoms with van der Waals surface area (Å²) in [5.74, 6) is 86.1. The Balaban J connectivity index is 0.000000350. The Morgan fingerprint density at radius 2 is 0.717 bits per heavy atom. The molecule has 490 valence electrons. The lowest BCUT2D eigenvalue weighted by atomic mass is 10.0. The highest BCUT2D eigenvalue weighted by Gasteiger charge is 2.40. The number of Topliss-reactive ketones (excluding diaryl/α,β-unsaturated/α-hetero) is 2. The minimum Gasteiger partial charge on any atom is -0.360 e. The molecular formula is C73H46ClN7O15S3-2. The summed E-state index contributed by atoms with van der Waals surface area (Å²) in [4.78, 5) is 51.0. The maximum atomic E-state index is 12.6. The first-order chi connectivity index (χ1) is 47.6. The van der Waals surface area contributed by atoms with Gasteiger partial charge in [0, 0.05) is 202 Å². The SMILES string of the molecule is O=C1CCN(S(=O)(=O)c2ccc([N+](=O)[O-])cc2)CC1.O=C1CCNCC1.O=[N+]([O-])c1ccc(S(=O)(=O)Cl)cc1.O=[N+]([O-])c1ccc(S(=O)(=O)N2CCC3(CC2)NCCCO3)cc1.[C-]#CC#CC#CC#CC#CC#CC#CC#CC#CC#CC#CC#CC#CC#CC#CC#CC#CC#C[CH2-]. The molecule has 3 aromatic rings. The molecule has 4 aliphatic heterocycles. The molecule has 0 radical (unpaired) electrons. The number of non-ortho nitro benzene ring substituents is 3. The van der Waals surface area contributed by atoms with E-state index in [2.05, 4.69) is 219 Å². The first-order valence-electron chi connectivity index (χ1n) is 28.1. The lowest BCUT2D eigenvalue weighted by molar-refractivity contribution is -0.385. The van der Waals surface area contributed by atoms with E-state index in [4.69, 9.17) is 21.8 Å². The number of nitro groups is 3. The number of rotatable bonds is 8. The molecule has 0 bridgehead atoms. The minimum atomic E-state index is -3.80. The van der Waals surface area contributed by atoms with Crippen LogP contribution in [0.3, 0.4) is 0 Å². The number of hydrogen-bond acceptors (Lipinski definition) is 17. The highest BCUT2D eigenvalue weighted by atomic mass is 35.7. The van der Waals surface area contributed by atoms with Gasteiger partial charge in [-0.25, -0.2) is 37.1 Å². The summed E-state index contributed by atoms with van der Waals surface area (Å²) >= 11 is 0. The summed E-state index contributed by atoms with van der Waals surface area (Å²) in [7, 11) is -6.10. The highest BCUT2D eigenvalue weighted by molar-refractivity contribution is 8.13. The van der Waals surface area contributed by atoms with Gasteiger partial charge in [0.25, 0.3) is 26.1 Å². The summed E-state index contributed by atoms with van der Waals surface area (Å²) in [5, 5.41) is 37.8. The molecule has 0 aliphatic carbocycles. The summed E-state index contributed by atoms with van der Waals surface area (Å²) in [6.45, 7) is 7.73. The van der Waals surface area contributed by atoms with Gasteiger partial charge in [0.1, 0.15) is 17.3 Å². The molecule has 7 rings (SSSR count). The summed E-state index contributed by atoms with van der Waals surface area (Å²) in [6, 6.07) is 14.1. The van der Waals surface area contributed by atoms with Crippen molar-refractivity contribution in [3.8, 4) is 207 Å². The molecule has 0 amide bonds. The Morgan fingerprint density at radius 1 is 0.434 bits per heavy atom. The van der Waals surface area contributed by atoms with E-state index in [1.165, 1.54) is 45.0 Å². The standard InChI is InChI=1S/C37H2.C14H19N3O5S.C11H12N2O5S.C6H4ClNO4S.C5H9NO/c1-3-5-7-9-11-13-15-17-19-21-23-25-27-29-31-33-35-37-36-34-32-30-28-26-24-22-20-18-16-14-12-10-8-6-4-2;18-17(19)12-2-4-13(5-3-12)23(20,21)16-9-6-14(7-10-16)15-8-1-11-22-14;14-10-5-7-12(8-6-10)19(17,18)11-3-1-9(2-4-11)13(15)16;7-13(11,12)6-3-1-5(2-4-6)8(9)10;7-5-1-3-6-4-2-5/h1H2;2-5,15H,1,6-11H2;1-4H,5-8H2;1-4H;6H,1-4H2/q-2;;;;. The van der Waals surface area contributed by atoms with E-state index < -0.39 is 49.6 Å².